The molecular formula is C24H35N3O2. The average molecular weight is 398 g/mol. The van der Waals surface area contributed by atoms with Gasteiger partial charge in [0.25, 0.3) is 0 Å². The molecule has 0 aromatic heterocycles. The number of piperazine rings is 1. The van der Waals surface area contributed by atoms with E-state index in [9.17, 15) is 4.79 Å². The van der Waals surface area contributed by atoms with E-state index in [2.05, 4.69) is 46.5 Å². The standard InChI is InChI=1S/C24H35N3O2/c1-18-2-4-21(5-3-18)23-13-19-12-20(14-23)16-24(15-19,17-23)22(29)25-27-8-6-26(7-9-27)10-11-28/h2-5,19-20,28H,6-17H2,1H3,(H,25,29)/t19-,20+,23?,24?. The van der Waals surface area contributed by atoms with E-state index in [1.807, 2.05) is 0 Å². The van der Waals surface area contributed by atoms with Gasteiger partial charge in [-0.2, -0.15) is 0 Å². The van der Waals surface area contributed by atoms with Gasteiger partial charge < -0.3 is 5.11 Å². The summed E-state index contributed by atoms with van der Waals surface area (Å²) in [6.07, 6.45) is 7.03. The van der Waals surface area contributed by atoms with Crippen molar-refractivity contribution in [3.8, 4) is 0 Å². The number of benzene rings is 1. The Bertz CT molecular complexity index is 740. The van der Waals surface area contributed by atoms with Crippen LogP contribution in [-0.2, 0) is 10.2 Å². The Morgan fingerprint density at radius 1 is 1.07 bits per heavy atom. The lowest BCUT2D eigenvalue weighted by atomic mass is 9.42. The van der Waals surface area contributed by atoms with Crippen molar-refractivity contribution in [2.45, 2.75) is 50.9 Å². The minimum Gasteiger partial charge on any atom is -0.395 e. The first kappa shape index (κ1) is 19.5. The SMILES string of the molecule is Cc1ccc(C23C[C@@H]4C[C@@H](CC(C(=O)NN5CCN(CCO)CC5)(C4)C2)C3)cc1. The largest absolute Gasteiger partial charge is 0.395 e. The van der Waals surface area contributed by atoms with Gasteiger partial charge in [0.1, 0.15) is 0 Å². The number of amides is 1. The topological polar surface area (TPSA) is 55.8 Å². The molecule has 1 saturated heterocycles. The lowest BCUT2D eigenvalue weighted by Gasteiger charge is -2.61. The van der Waals surface area contributed by atoms with Crippen LogP contribution in [0.4, 0.5) is 0 Å². The van der Waals surface area contributed by atoms with Crippen LogP contribution < -0.4 is 5.43 Å². The fraction of sp³-hybridized carbons (Fsp3) is 0.708. The van der Waals surface area contributed by atoms with Gasteiger partial charge in [-0.1, -0.05) is 29.8 Å². The molecule has 0 radical (unpaired) electrons. The molecule has 1 aromatic rings. The molecule has 1 aromatic carbocycles. The number of nitrogens with zero attached hydrogens (tertiary/aromatic N) is 2. The van der Waals surface area contributed by atoms with E-state index >= 15 is 0 Å². The maximum atomic E-state index is 13.6. The number of aliphatic hydroxyl groups excluding tert-OH is 1. The van der Waals surface area contributed by atoms with Gasteiger partial charge in [-0.25, -0.2) is 5.01 Å². The highest BCUT2D eigenvalue weighted by Crippen LogP contribution is 2.65. The molecule has 1 aliphatic heterocycles. The molecule has 4 bridgehead atoms. The van der Waals surface area contributed by atoms with Gasteiger partial charge in [0.15, 0.2) is 0 Å². The minimum absolute atomic E-state index is 0.183. The molecule has 2 N–H and O–H groups in total. The number of β-amino-alcohol motifs (C(OH)–C–C–N with tert-alkyl or cyclic N) is 1. The zero-order valence-corrected chi connectivity index (χ0v) is 17.7. The molecule has 1 heterocycles. The molecule has 1 amide bonds. The van der Waals surface area contributed by atoms with Crippen LogP contribution in [-0.4, -0.2) is 60.3 Å². The zero-order valence-electron chi connectivity index (χ0n) is 17.7. The number of hydrazine groups is 1. The molecule has 0 spiro atoms. The van der Waals surface area contributed by atoms with Crippen LogP contribution >= 0.6 is 0 Å². The molecule has 4 aliphatic carbocycles. The van der Waals surface area contributed by atoms with Crippen molar-refractivity contribution in [3.05, 3.63) is 35.4 Å². The fourth-order valence-corrected chi connectivity index (χ4v) is 7.26. The van der Waals surface area contributed by atoms with Gasteiger partial charge in [-0.05, 0) is 68.3 Å². The van der Waals surface area contributed by atoms with Crippen molar-refractivity contribution in [1.82, 2.24) is 15.3 Å². The van der Waals surface area contributed by atoms with Crippen LogP contribution in [0.1, 0.15) is 49.7 Å². The van der Waals surface area contributed by atoms with Crippen LogP contribution in [0.5, 0.6) is 0 Å². The molecular weight excluding hydrogens is 362 g/mol. The maximum Gasteiger partial charge on any atom is 0.240 e. The highest BCUT2D eigenvalue weighted by atomic mass is 16.3. The predicted molar refractivity (Wildman–Crippen MR) is 113 cm³/mol. The summed E-state index contributed by atoms with van der Waals surface area (Å²) in [7, 11) is 0. The van der Waals surface area contributed by atoms with Crippen LogP contribution in [0.15, 0.2) is 24.3 Å². The summed E-state index contributed by atoms with van der Waals surface area (Å²) in [5.41, 5.74) is 6.12. The van der Waals surface area contributed by atoms with Crippen LogP contribution in [0.2, 0.25) is 0 Å². The summed E-state index contributed by atoms with van der Waals surface area (Å²) in [6, 6.07) is 9.14. The lowest BCUT2D eigenvalue weighted by Crippen LogP contribution is -2.62. The monoisotopic (exact) mass is 397 g/mol. The number of nitrogens with one attached hydrogen (secondary N) is 1. The van der Waals surface area contributed by atoms with Crippen molar-refractivity contribution in [3.63, 3.8) is 0 Å². The second kappa shape index (κ2) is 7.36. The summed E-state index contributed by atoms with van der Waals surface area (Å²) in [5, 5.41) is 11.3. The van der Waals surface area contributed by atoms with Gasteiger partial charge >= 0.3 is 0 Å². The summed E-state index contributed by atoms with van der Waals surface area (Å²) in [5.74, 6) is 1.67. The molecule has 5 nitrogen and oxygen atoms in total. The first-order valence-electron chi connectivity index (χ1n) is 11.5. The van der Waals surface area contributed by atoms with Gasteiger partial charge in [-0.3, -0.25) is 15.1 Å². The number of aliphatic hydroxyl groups is 1. The smallest absolute Gasteiger partial charge is 0.240 e. The molecule has 6 rings (SSSR count). The summed E-state index contributed by atoms with van der Waals surface area (Å²) >= 11 is 0. The quantitative estimate of drug-likeness (QED) is 0.802. The molecule has 5 fully saturated rings. The molecule has 158 valence electrons. The molecule has 29 heavy (non-hydrogen) atoms. The van der Waals surface area contributed by atoms with E-state index in [0.717, 1.165) is 52.0 Å². The van der Waals surface area contributed by atoms with Crippen molar-refractivity contribution in [2.24, 2.45) is 17.3 Å². The third-order valence-corrected chi connectivity index (χ3v) is 8.25. The number of rotatable bonds is 5. The number of aryl methyl sites for hydroxylation is 1. The summed E-state index contributed by atoms with van der Waals surface area (Å²) in [6.45, 7) is 6.60. The molecule has 4 atom stereocenters. The third-order valence-electron chi connectivity index (χ3n) is 8.25. The van der Waals surface area contributed by atoms with E-state index in [-0.39, 0.29) is 23.3 Å². The first-order valence-corrected chi connectivity index (χ1v) is 11.5. The van der Waals surface area contributed by atoms with E-state index in [1.165, 1.54) is 30.4 Å². The highest BCUT2D eigenvalue weighted by molar-refractivity contribution is 5.83. The van der Waals surface area contributed by atoms with Crippen LogP contribution in [0, 0.1) is 24.2 Å². The Balaban J connectivity index is 1.32. The summed E-state index contributed by atoms with van der Waals surface area (Å²) in [4.78, 5) is 15.9. The predicted octanol–water partition coefficient (Wildman–Crippen LogP) is 2.47. The van der Waals surface area contributed by atoms with Crippen molar-refractivity contribution in [2.75, 3.05) is 39.3 Å². The second-order valence-corrected chi connectivity index (χ2v) is 10.4. The first-order chi connectivity index (χ1) is 14.0. The third kappa shape index (κ3) is 3.51. The number of carbonyl (C=O) groups excluding carboxylic acids is 1. The van der Waals surface area contributed by atoms with Gasteiger partial charge in [0, 0.05) is 32.7 Å². The van der Waals surface area contributed by atoms with Gasteiger partial charge in [0.05, 0.1) is 12.0 Å². The van der Waals surface area contributed by atoms with E-state index in [0.29, 0.717) is 11.8 Å². The normalized spacial score (nSPS) is 37.0. The minimum atomic E-state index is -0.183. The fourth-order valence-electron chi connectivity index (χ4n) is 7.26. The second-order valence-electron chi connectivity index (χ2n) is 10.4. The maximum absolute atomic E-state index is 13.6. The Hall–Kier alpha value is -1.43. The molecule has 5 aliphatic rings. The number of hydrogen-bond acceptors (Lipinski definition) is 4. The van der Waals surface area contributed by atoms with E-state index in [1.54, 1.807) is 0 Å². The summed E-state index contributed by atoms with van der Waals surface area (Å²) < 4.78 is 0. The van der Waals surface area contributed by atoms with Crippen LogP contribution in [0.3, 0.4) is 0 Å². The number of carbonyl (C=O) groups is 1. The van der Waals surface area contributed by atoms with Gasteiger partial charge in [-0.15, -0.1) is 0 Å². The highest BCUT2D eigenvalue weighted by Gasteiger charge is 2.61. The zero-order chi connectivity index (χ0) is 20.1. The Morgan fingerprint density at radius 3 is 2.34 bits per heavy atom. The van der Waals surface area contributed by atoms with Crippen molar-refractivity contribution in [1.29, 1.82) is 0 Å². The van der Waals surface area contributed by atoms with E-state index in [4.69, 9.17) is 5.11 Å². The number of hydrogen-bond donors (Lipinski definition) is 2. The van der Waals surface area contributed by atoms with Crippen molar-refractivity contribution >= 4 is 5.91 Å². The van der Waals surface area contributed by atoms with Gasteiger partial charge in [0.2, 0.25) is 5.91 Å². The molecule has 2 unspecified atom stereocenters. The Labute approximate surface area is 174 Å². The Morgan fingerprint density at radius 2 is 1.72 bits per heavy atom. The Kier molecular flexibility index (Phi) is 4.96. The van der Waals surface area contributed by atoms with E-state index < -0.39 is 0 Å². The van der Waals surface area contributed by atoms with Crippen LogP contribution in [0.25, 0.3) is 0 Å². The molecule has 4 saturated carbocycles. The lowest BCUT2D eigenvalue weighted by molar-refractivity contribution is -0.155. The average Bonchev–Trinajstić information content (AvgIpc) is 2.69. The van der Waals surface area contributed by atoms with Crippen molar-refractivity contribution < 1.29 is 9.90 Å². The molecule has 5 heteroatoms.